The van der Waals surface area contributed by atoms with E-state index in [2.05, 4.69) is 10.3 Å². The molecule has 220 valence electrons. The molecule has 43 heavy (non-hydrogen) atoms. The lowest BCUT2D eigenvalue weighted by atomic mass is 9.90. The summed E-state index contributed by atoms with van der Waals surface area (Å²) in [6, 6.07) is 13.6. The molecular weight excluding hydrogens is 571 g/mol. The van der Waals surface area contributed by atoms with Crippen LogP contribution in [0.25, 0.3) is 16.8 Å². The van der Waals surface area contributed by atoms with Crippen molar-refractivity contribution in [3.63, 3.8) is 0 Å². The highest BCUT2D eigenvalue weighted by Crippen LogP contribution is 2.38. The summed E-state index contributed by atoms with van der Waals surface area (Å²) in [5.74, 6) is -1.84. The zero-order chi connectivity index (χ0) is 30.7. The number of methoxy groups -OCH3 is 1. The highest BCUT2D eigenvalue weighted by Gasteiger charge is 2.31. The molecule has 0 saturated heterocycles. The Morgan fingerprint density at radius 1 is 1.21 bits per heavy atom. The highest BCUT2D eigenvalue weighted by atomic mass is 35.5. The minimum atomic E-state index is -0.710. The van der Waals surface area contributed by atoms with Crippen molar-refractivity contribution in [3.8, 4) is 17.3 Å². The molecule has 0 unspecified atom stereocenters. The zero-order valence-electron chi connectivity index (χ0n) is 23.8. The molecule has 0 spiro atoms. The summed E-state index contributed by atoms with van der Waals surface area (Å²) in [5, 5.41) is 12.5. The topological polar surface area (TPSA) is 112 Å². The van der Waals surface area contributed by atoms with Crippen LogP contribution in [-0.2, 0) is 25.5 Å². The zero-order valence-corrected chi connectivity index (χ0v) is 24.6. The fourth-order valence-electron chi connectivity index (χ4n) is 5.69. The predicted octanol–water partition coefficient (Wildman–Crippen LogP) is 6.24. The first kappa shape index (κ1) is 29.9. The van der Waals surface area contributed by atoms with Crippen molar-refractivity contribution in [2.24, 2.45) is 5.92 Å². The van der Waals surface area contributed by atoms with Gasteiger partial charge in [-0.2, -0.15) is 5.26 Å². The maximum atomic E-state index is 15.0. The van der Waals surface area contributed by atoms with Crippen molar-refractivity contribution in [1.82, 2.24) is 9.88 Å². The molecule has 2 amide bonds. The molecule has 0 fully saturated rings. The van der Waals surface area contributed by atoms with Gasteiger partial charge >= 0.3 is 5.97 Å². The number of halogens is 2. The van der Waals surface area contributed by atoms with E-state index < -0.39 is 5.82 Å². The van der Waals surface area contributed by atoms with Crippen LogP contribution < -0.4 is 5.32 Å². The van der Waals surface area contributed by atoms with Crippen molar-refractivity contribution < 1.29 is 23.5 Å². The number of nitriles is 1. The Bertz CT molecular complexity index is 1680. The van der Waals surface area contributed by atoms with Crippen molar-refractivity contribution in [2.75, 3.05) is 19.0 Å². The van der Waals surface area contributed by atoms with Crippen LogP contribution in [0.2, 0.25) is 5.02 Å². The first-order valence-corrected chi connectivity index (χ1v) is 14.4. The Hall–Kier alpha value is -4.55. The van der Waals surface area contributed by atoms with Gasteiger partial charge in [0, 0.05) is 35.9 Å². The summed E-state index contributed by atoms with van der Waals surface area (Å²) in [5.41, 5.74) is 4.03. The molecule has 3 heterocycles. The Balaban J connectivity index is 1.53. The number of aromatic nitrogens is 1. The van der Waals surface area contributed by atoms with Gasteiger partial charge in [0.15, 0.2) is 5.82 Å². The Kier molecular flexibility index (Phi) is 8.88. The molecule has 8 nitrogen and oxygen atoms in total. The lowest BCUT2D eigenvalue weighted by Gasteiger charge is -2.35. The molecule has 1 N–H and O–H groups in total. The van der Waals surface area contributed by atoms with E-state index in [9.17, 15) is 24.0 Å². The van der Waals surface area contributed by atoms with E-state index in [0.717, 1.165) is 5.56 Å². The van der Waals surface area contributed by atoms with E-state index >= 15 is 0 Å². The number of carbonyl (C=O) groups is 3. The van der Waals surface area contributed by atoms with Gasteiger partial charge in [0.05, 0.1) is 47.6 Å². The SMILES string of the molecule is COC(=O)Cc1ccc2c(c1)NC(=O)[C@H](C)CCC[C@H](N1CCC(c3c(C#N)ccc(Cl)c3F)=CC1=O)c1ccnc-2c1. The van der Waals surface area contributed by atoms with Crippen molar-refractivity contribution in [1.29, 1.82) is 5.26 Å². The summed E-state index contributed by atoms with van der Waals surface area (Å²) >= 11 is 6.01. The number of hydrogen-bond acceptors (Lipinski definition) is 6. The largest absolute Gasteiger partial charge is 0.469 e. The summed E-state index contributed by atoms with van der Waals surface area (Å²) < 4.78 is 19.8. The first-order chi connectivity index (χ1) is 20.7. The second-order valence-corrected chi connectivity index (χ2v) is 11.2. The standard InChI is InChI=1S/C33H30ClFN4O4/c1-19-4-3-5-28(39-13-11-22(17-29(39)40)31-23(18-36)7-9-25(34)32(31)35)21-10-12-37-26(16-21)24-8-6-20(15-30(41)43-2)14-27(24)38-33(19)42/h6-10,12,14,16-17,19,28H,3-5,11,13,15H2,1-2H3,(H,38,42)/t19-,28+/m1/s1. The monoisotopic (exact) mass is 600 g/mol. The third-order valence-corrected chi connectivity index (χ3v) is 8.33. The molecule has 0 aliphatic carbocycles. The molecule has 3 aromatic rings. The molecular formula is C33H30ClFN4O4. The maximum absolute atomic E-state index is 15.0. The van der Waals surface area contributed by atoms with Gasteiger partial charge in [-0.15, -0.1) is 0 Å². The number of carbonyl (C=O) groups excluding carboxylic acids is 3. The van der Waals surface area contributed by atoms with E-state index in [4.69, 9.17) is 16.3 Å². The third-order valence-electron chi connectivity index (χ3n) is 8.04. The number of pyridine rings is 1. The fourth-order valence-corrected chi connectivity index (χ4v) is 5.85. The molecule has 5 rings (SSSR count). The molecule has 2 aromatic carbocycles. The number of fused-ring (bicyclic) bond motifs is 4. The number of benzene rings is 2. The average molecular weight is 601 g/mol. The van der Waals surface area contributed by atoms with E-state index in [1.54, 1.807) is 23.2 Å². The van der Waals surface area contributed by atoms with Crippen LogP contribution in [0.3, 0.4) is 0 Å². The van der Waals surface area contributed by atoms with Gasteiger partial charge in [0.25, 0.3) is 0 Å². The molecule has 0 saturated carbocycles. The Morgan fingerprint density at radius 2 is 2.02 bits per heavy atom. The summed E-state index contributed by atoms with van der Waals surface area (Å²) in [4.78, 5) is 45.0. The summed E-state index contributed by atoms with van der Waals surface area (Å²) in [6.07, 6.45) is 5.36. The smallest absolute Gasteiger partial charge is 0.309 e. The van der Waals surface area contributed by atoms with Gasteiger partial charge in [0.1, 0.15) is 0 Å². The fraction of sp³-hybridized carbons (Fsp3) is 0.303. The molecule has 0 radical (unpaired) electrons. The number of anilines is 1. The van der Waals surface area contributed by atoms with Gasteiger partial charge in [-0.25, -0.2) is 4.39 Å². The average Bonchev–Trinajstić information content (AvgIpc) is 3.00. The minimum Gasteiger partial charge on any atom is -0.469 e. The van der Waals surface area contributed by atoms with Gasteiger partial charge in [-0.05, 0) is 66.3 Å². The van der Waals surface area contributed by atoms with Crippen LogP contribution in [0.1, 0.15) is 60.9 Å². The van der Waals surface area contributed by atoms with Crippen LogP contribution in [-0.4, -0.2) is 41.3 Å². The summed E-state index contributed by atoms with van der Waals surface area (Å²) in [6.45, 7) is 2.17. The number of nitrogens with one attached hydrogen (secondary N) is 1. The van der Waals surface area contributed by atoms with Crippen LogP contribution in [0.5, 0.6) is 0 Å². The van der Waals surface area contributed by atoms with Crippen molar-refractivity contribution >= 4 is 40.6 Å². The lowest BCUT2D eigenvalue weighted by Crippen LogP contribution is -2.37. The van der Waals surface area contributed by atoms with E-state index in [0.29, 0.717) is 60.3 Å². The number of amides is 2. The number of hydrogen-bond donors (Lipinski definition) is 1. The minimum absolute atomic E-state index is 0.0618. The second-order valence-electron chi connectivity index (χ2n) is 10.8. The predicted molar refractivity (Wildman–Crippen MR) is 160 cm³/mol. The van der Waals surface area contributed by atoms with Gasteiger partial charge in [-0.1, -0.05) is 37.1 Å². The number of ether oxygens (including phenoxy) is 1. The van der Waals surface area contributed by atoms with Gasteiger partial charge < -0.3 is 15.0 Å². The molecule has 10 heteroatoms. The van der Waals surface area contributed by atoms with E-state index in [1.165, 1.54) is 25.3 Å². The second kappa shape index (κ2) is 12.8. The maximum Gasteiger partial charge on any atom is 0.309 e. The highest BCUT2D eigenvalue weighted by molar-refractivity contribution is 6.31. The molecule has 2 atom stereocenters. The quantitative estimate of drug-likeness (QED) is 0.355. The first-order valence-electron chi connectivity index (χ1n) is 14.1. The van der Waals surface area contributed by atoms with Gasteiger partial charge in [0.2, 0.25) is 11.8 Å². The number of nitrogens with zero attached hydrogens (tertiary/aromatic N) is 3. The van der Waals surface area contributed by atoms with Crippen LogP contribution in [0, 0.1) is 23.1 Å². The number of esters is 1. The molecule has 2 aliphatic heterocycles. The van der Waals surface area contributed by atoms with E-state index in [-0.39, 0.29) is 52.3 Å². The van der Waals surface area contributed by atoms with Gasteiger partial charge in [-0.3, -0.25) is 19.4 Å². The van der Waals surface area contributed by atoms with Crippen LogP contribution in [0.4, 0.5) is 10.1 Å². The Labute approximate surface area is 254 Å². The molecule has 1 aromatic heterocycles. The van der Waals surface area contributed by atoms with E-state index in [1.807, 2.05) is 31.2 Å². The Morgan fingerprint density at radius 3 is 2.77 bits per heavy atom. The van der Waals surface area contributed by atoms with Crippen LogP contribution in [0.15, 0.2) is 54.7 Å². The number of rotatable bonds is 4. The molecule has 2 aliphatic rings. The normalized spacial score (nSPS) is 18.8. The summed E-state index contributed by atoms with van der Waals surface area (Å²) in [7, 11) is 1.33. The van der Waals surface area contributed by atoms with Crippen LogP contribution >= 0.6 is 11.6 Å². The third kappa shape index (κ3) is 6.30. The lowest BCUT2D eigenvalue weighted by molar-refractivity contribution is -0.139. The van der Waals surface area contributed by atoms with Crippen molar-refractivity contribution in [3.05, 3.63) is 87.8 Å². The molecule has 2 bridgehead atoms. The van der Waals surface area contributed by atoms with Crippen molar-refractivity contribution in [2.45, 2.75) is 45.1 Å².